The van der Waals surface area contributed by atoms with E-state index in [1.54, 1.807) is 12.4 Å². The lowest BCUT2D eigenvalue weighted by Gasteiger charge is -2.09. The molecular weight excluding hydrogens is 736 g/mol. The second kappa shape index (κ2) is 14.9. The maximum absolute atomic E-state index is 4.97. The zero-order valence-electron chi connectivity index (χ0n) is 29.2. The van der Waals surface area contributed by atoms with Crippen LogP contribution in [-0.4, -0.2) is 42.3 Å². The van der Waals surface area contributed by atoms with Crippen molar-refractivity contribution in [2.24, 2.45) is 0 Å². The van der Waals surface area contributed by atoms with E-state index in [9.17, 15) is 0 Å². The van der Waals surface area contributed by atoms with Gasteiger partial charge in [-0.15, -0.1) is 0 Å². The van der Waals surface area contributed by atoms with Crippen LogP contribution in [0.1, 0.15) is 12.8 Å². The summed E-state index contributed by atoms with van der Waals surface area (Å²) < 4.78 is 10.1. The van der Waals surface area contributed by atoms with Crippen molar-refractivity contribution in [3.8, 4) is 56.7 Å². The Morgan fingerprint density at radius 2 is 1.11 bits per heavy atom. The number of fused-ring (bicyclic) bond motifs is 10. The van der Waals surface area contributed by atoms with Crippen molar-refractivity contribution in [3.05, 3.63) is 157 Å². The van der Waals surface area contributed by atoms with E-state index in [2.05, 4.69) is 100 Å². The van der Waals surface area contributed by atoms with Crippen LogP contribution in [0.2, 0.25) is 0 Å². The monoisotopic (exact) mass is 770 g/mol. The minimum atomic E-state index is 0.811. The average Bonchev–Trinajstić information content (AvgIpc) is 3.99. The third-order valence-electron chi connectivity index (χ3n) is 9.39. The van der Waals surface area contributed by atoms with Crippen molar-refractivity contribution in [3.63, 3.8) is 0 Å². The normalized spacial score (nSPS) is 12.8. The molecule has 9 nitrogen and oxygen atoms in total. The van der Waals surface area contributed by atoms with Crippen molar-refractivity contribution in [2.75, 3.05) is 23.8 Å². The summed E-state index contributed by atoms with van der Waals surface area (Å²) in [5, 5.41) is 6.85. The number of anilines is 4. The summed E-state index contributed by atoms with van der Waals surface area (Å²) in [7, 11) is 0. The summed E-state index contributed by atoms with van der Waals surface area (Å²) >= 11 is 3.78. The molecule has 2 N–H and O–H groups in total. The number of benzene rings is 4. The van der Waals surface area contributed by atoms with Gasteiger partial charge in [0, 0.05) is 54.1 Å². The Hall–Kier alpha value is -6.36. The first-order valence-corrected chi connectivity index (χ1v) is 18.7. The quantitative estimate of drug-likeness (QED) is 0.181. The molecule has 0 radical (unpaired) electrons. The Kier molecular flexibility index (Phi) is 9.26. The number of nitrogens with one attached hydrogen (secondary N) is 2. The van der Waals surface area contributed by atoms with E-state index < -0.39 is 0 Å². The molecule has 264 valence electrons. The molecule has 0 saturated carbocycles. The topological polar surface area (TPSA) is 94.7 Å². The minimum Gasteiger partial charge on any atom is -0.381 e. The summed E-state index contributed by atoms with van der Waals surface area (Å²) in [6.45, 7) is 2.00. The maximum Gasteiger partial charge on any atom is 0.154 e. The first-order valence-electron chi connectivity index (χ1n) is 17.9. The number of aromatic nitrogens is 6. The number of nitrogens with zero attached hydrogens (tertiary/aromatic N) is 6. The van der Waals surface area contributed by atoms with Gasteiger partial charge < -0.3 is 15.4 Å². The standard InChI is InChI=1S/C20H13BrN4.C20H14N4.C4H8O/c21-18-17(13-7-2-1-3-8-13)24-20-14-9-4-5-10-15(14)23-19-16(25(18)20)11-6-12-22-19;1-2-7-14(8-3-1)17-13-24-18-11-6-12-21-19(18)22-16-10-5-4-9-15(16)20(24)23-17;1-2-4-5-3-1/h1-12H,(H,22,23);1-13H,(H,21,22);1-4H2. The van der Waals surface area contributed by atoms with Crippen molar-refractivity contribution in [1.29, 1.82) is 0 Å². The number of ether oxygens (including phenoxy) is 1. The molecular formula is C44H35BrN8O. The molecule has 0 unspecified atom stereocenters. The molecule has 0 aliphatic carbocycles. The zero-order chi connectivity index (χ0) is 36.3. The van der Waals surface area contributed by atoms with Gasteiger partial charge in [-0.2, -0.15) is 0 Å². The number of rotatable bonds is 2. The van der Waals surface area contributed by atoms with E-state index in [1.807, 2.05) is 84.9 Å². The lowest BCUT2D eigenvalue weighted by Crippen LogP contribution is -1.99. The molecule has 11 rings (SSSR count). The van der Waals surface area contributed by atoms with E-state index in [0.29, 0.717) is 0 Å². The first kappa shape index (κ1) is 33.5. The van der Waals surface area contributed by atoms with Crippen LogP contribution in [-0.2, 0) is 4.74 Å². The van der Waals surface area contributed by atoms with Crippen molar-refractivity contribution in [2.45, 2.75) is 12.8 Å². The number of para-hydroxylation sites is 2. The van der Waals surface area contributed by atoms with Crippen LogP contribution in [0, 0.1) is 0 Å². The second-order valence-electron chi connectivity index (χ2n) is 12.9. The van der Waals surface area contributed by atoms with E-state index >= 15 is 0 Å². The van der Waals surface area contributed by atoms with E-state index in [-0.39, 0.29) is 0 Å². The van der Waals surface area contributed by atoms with Gasteiger partial charge in [-0.3, -0.25) is 9.13 Å². The fourth-order valence-corrected chi connectivity index (χ4v) is 7.46. The third-order valence-corrected chi connectivity index (χ3v) is 10.1. The number of hydrogen-bond acceptors (Lipinski definition) is 7. The Morgan fingerprint density at radius 3 is 1.74 bits per heavy atom. The van der Waals surface area contributed by atoms with E-state index in [4.69, 9.17) is 14.7 Å². The highest BCUT2D eigenvalue weighted by atomic mass is 79.9. The molecule has 3 aliphatic rings. The SMILES string of the molecule is Brc1c(-c2ccccc2)nc2n1-c1cccnc1Nc1ccccc1-2.C1CCOC1.c1ccc(-c2cn3c(n2)-c2ccccc2Nc2ncccc2-3)cc1. The molecule has 0 atom stereocenters. The summed E-state index contributed by atoms with van der Waals surface area (Å²) in [4.78, 5) is 18.9. The molecule has 8 aromatic rings. The maximum atomic E-state index is 4.97. The Bertz CT molecular complexity index is 2490. The highest BCUT2D eigenvalue weighted by Crippen LogP contribution is 2.43. The predicted molar refractivity (Wildman–Crippen MR) is 219 cm³/mol. The molecule has 4 aromatic carbocycles. The Morgan fingerprint density at radius 1 is 0.556 bits per heavy atom. The van der Waals surface area contributed by atoms with E-state index in [0.717, 1.165) is 97.5 Å². The third kappa shape index (κ3) is 6.46. The molecule has 3 aliphatic heterocycles. The number of pyridine rings is 2. The van der Waals surface area contributed by atoms with Crippen molar-refractivity contribution in [1.82, 2.24) is 29.1 Å². The van der Waals surface area contributed by atoms with Crippen LogP contribution in [0.3, 0.4) is 0 Å². The molecule has 0 bridgehead atoms. The number of imidazole rings is 2. The smallest absolute Gasteiger partial charge is 0.154 e. The van der Waals surface area contributed by atoms with Gasteiger partial charge in [0.2, 0.25) is 0 Å². The van der Waals surface area contributed by atoms with Crippen LogP contribution in [0.25, 0.3) is 56.7 Å². The Labute approximate surface area is 321 Å². The molecule has 54 heavy (non-hydrogen) atoms. The van der Waals surface area contributed by atoms with Gasteiger partial charge in [-0.25, -0.2) is 19.9 Å². The van der Waals surface area contributed by atoms with Crippen LogP contribution in [0.15, 0.2) is 157 Å². The van der Waals surface area contributed by atoms with Gasteiger partial charge in [-0.1, -0.05) is 84.9 Å². The highest BCUT2D eigenvalue weighted by Gasteiger charge is 2.26. The molecule has 4 aromatic heterocycles. The summed E-state index contributed by atoms with van der Waals surface area (Å²) in [6, 6.07) is 44.8. The first-order chi connectivity index (χ1) is 26.7. The summed E-state index contributed by atoms with van der Waals surface area (Å²) in [5.74, 6) is 3.46. The van der Waals surface area contributed by atoms with Gasteiger partial charge >= 0.3 is 0 Å². The highest BCUT2D eigenvalue weighted by molar-refractivity contribution is 9.10. The molecule has 1 saturated heterocycles. The van der Waals surface area contributed by atoms with Crippen LogP contribution >= 0.6 is 15.9 Å². The molecule has 1 fully saturated rings. The lowest BCUT2D eigenvalue weighted by atomic mass is 10.1. The predicted octanol–water partition coefficient (Wildman–Crippen LogP) is 10.9. The van der Waals surface area contributed by atoms with Gasteiger partial charge in [0.1, 0.15) is 21.9 Å². The van der Waals surface area contributed by atoms with Gasteiger partial charge in [0.25, 0.3) is 0 Å². The summed E-state index contributed by atoms with van der Waals surface area (Å²) in [5.41, 5.74) is 10.1. The zero-order valence-corrected chi connectivity index (χ0v) is 30.8. The fraction of sp³-hybridized carbons (Fsp3) is 0.0909. The fourth-order valence-electron chi connectivity index (χ4n) is 6.78. The van der Waals surface area contributed by atoms with Crippen molar-refractivity contribution >= 4 is 38.9 Å². The van der Waals surface area contributed by atoms with Crippen LogP contribution in [0.5, 0.6) is 0 Å². The van der Waals surface area contributed by atoms with Crippen LogP contribution in [0.4, 0.5) is 23.0 Å². The lowest BCUT2D eigenvalue weighted by molar-refractivity contribution is 0.198. The van der Waals surface area contributed by atoms with E-state index in [1.165, 1.54) is 12.8 Å². The minimum absolute atomic E-state index is 0.811. The summed E-state index contributed by atoms with van der Waals surface area (Å²) in [6.07, 6.45) is 8.23. The van der Waals surface area contributed by atoms with Gasteiger partial charge in [0.05, 0.1) is 28.4 Å². The van der Waals surface area contributed by atoms with Gasteiger partial charge in [-0.05, 0) is 77.3 Å². The number of hydrogen-bond donors (Lipinski definition) is 2. The second-order valence-corrected chi connectivity index (χ2v) is 13.6. The number of halogens is 1. The van der Waals surface area contributed by atoms with Crippen LogP contribution < -0.4 is 10.6 Å². The average molecular weight is 772 g/mol. The molecule has 0 spiro atoms. The van der Waals surface area contributed by atoms with Gasteiger partial charge in [0.15, 0.2) is 11.6 Å². The Balaban J connectivity index is 0.000000126. The molecule has 0 amide bonds. The molecule has 7 heterocycles. The largest absolute Gasteiger partial charge is 0.381 e. The molecule has 10 heteroatoms. The van der Waals surface area contributed by atoms with Crippen molar-refractivity contribution < 1.29 is 4.74 Å².